The summed E-state index contributed by atoms with van der Waals surface area (Å²) in [5.74, 6) is 2.63. The van der Waals surface area contributed by atoms with Gasteiger partial charge in [0.05, 0.1) is 18.4 Å². The van der Waals surface area contributed by atoms with E-state index in [4.69, 9.17) is 14.2 Å². The minimum atomic E-state index is -0.164. The molecule has 0 unspecified atom stereocenters. The number of aromatic nitrogens is 3. The van der Waals surface area contributed by atoms with E-state index in [1.807, 2.05) is 59.2 Å². The lowest BCUT2D eigenvalue weighted by Crippen LogP contribution is -2.17. The Kier molecular flexibility index (Phi) is 6.35. The van der Waals surface area contributed by atoms with E-state index in [2.05, 4.69) is 15.5 Å². The quantitative estimate of drug-likeness (QED) is 0.396. The van der Waals surface area contributed by atoms with E-state index in [0.29, 0.717) is 47.1 Å². The summed E-state index contributed by atoms with van der Waals surface area (Å²) in [5.41, 5.74) is 2.35. The summed E-state index contributed by atoms with van der Waals surface area (Å²) < 4.78 is 18.6. The number of fused-ring (bicyclic) bond motifs is 1. The number of carbonyl (C=O) groups excluding carboxylic acids is 1. The maximum atomic E-state index is 12.7. The number of hydrogen-bond donors (Lipinski definition) is 1. The number of anilines is 1. The van der Waals surface area contributed by atoms with Crippen molar-refractivity contribution >= 4 is 23.4 Å². The fraction of sp³-hybridized carbons (Fsp3) is 0.160. The van der Waals surface area contributed by atoms with Crippen molar-refractivity contribution in [1.29, 1.82) is 0 Å². The number of para-hydroxylation sites is 2. The number of nitrogens with zero attached hydrogens (tertiary/aromatic N) is 3. The average molecular weight is 475 g/mol. The molecule has 172 valence electrons. The summed E-state index contributed by atoms with van der Waals surface area (Å²) in [6, 6.07) is 22.8. The van der Waals surface area contributed by atoms with Gasteiger partial charge in [-0.3, -0.25) is 9.36 Å². The Labute approximate surface area is 200 Å². The smallest absolute Gasteiger partial charge is 0.234 e. The van der Waals surface area contributed by atoms with E-state index >= 15 is 0 Å². The molecule has 0 spiro atoms. The number of nitrogens with one attached hydrogen (secondary N) is 1. The van der Waals surface area contributed by atoms with Crippen molar-refractivity contribution in [3.63, 3.8) is 0 Å². The highest BCUT2D eigenvalue weighted by molar-refractivity contribution is 7.99. The van der Waals surface area contributed by atoms with Gasteiger partial charge in [0, 0.05) is 17.4 Å². The average Bonchev–Trinajstić information content (AvgIpc) is 3.31. The van der Waals surface area contributed by atoms with E-state index in [0.717, 1.165) is 11.3 Å². The molecular weight excluding hydrogens is 452 g/mol. The van der Waals surface area contributed by atoms with Crippen molar-refractivity contribution in [2.75, 3.05) is 31.4 Å². The number of ether oxygens (including phenoxy) is 3. The van der Waals surface area contributed by atoms with Gasteiger partial charge in [-0.05, 0) is 36.4 Å². The number of benzene rings is 3. The topological polar surface area (TPSA) is 87.5 Å². The normalized spacial score (nSPS) is 12.3. The van der Waals surface area contributed by atoms with E-state index < -0.39 is 0 Å². The molecule has 1 amide bonds. The van der Waals surface area contributed by atoms with Gasteiger partial charge in [0.2, 0.25) is 5.91 Å². The van der Waals surface area contributed by atoms with Crippen molar-refractivity contribution in [3.05, 3.63) is 72.8 Å². The molecule has 0 atom stereocenters. The van der Waals surface area contributed by atoms with Crippen molar-refractivity contribution in [2.45, 2.75) is 5.16 Å². The Balaban J connectivity index is 1.37. The first-order valence-electron chi connectivity index (χ1n) is 10.7. The third-order valence-electron chi connectivity index (χ3n) is 5.15. The Morgan fingerprint density at radius 2 is 1.76 bits per heavy atom. The van der Waals surface area contributed by atoms with Crippen LogP contribution < -0.4 is 19.5 Å². The zero-order chi connectivity index (χ0) is 23.3. The van der Waals surface area contributed by atoms with Crippen LogP contribution in [-0.4, -0.2) is 46.7 Å². The zero-order valence-electron chi connectivity index (χ0n) is 18.4. The number of hydrogen-bond acceptors (Lipinski definition) is 7. The number of thioether (sulfide) groups is 1. The third-order valence-corrected chi connectivity index (χ3v) is 6.08. The molecule has 2 heterocycles. The first kappa shape index (κ1) is 21.8. The van der Waals surface area contributed by atoms with Gasteiger partial charge >= 0.3 is 0 Å². The molecule has 0 radical (unpaired) electrons. The second kappa shape index (κ2) is 9.88. The van der Waals surface area contributed by atoms with Crippen LogP contribution in [0.4, 0.5) is 5.69 Å². The Hall–Kier alpha value is -3.98. The van der Waals surface area contributed by atoms with Gasteiger partial charge in [0.15, 0.2) is 22.5 Å². The molecule has 1 aliphatic heterocycles. The van der Waals surface area contributed by atoms with Gasteiger partial charge < -0.3 is 19.5 Å². The predicted octanol–water partition coefficient (Wildman–Crippen LogP) is 4.44. The van der Waals surface area contributed by atoms with Crippen LogP contribution in [0.15, 0.2) is 78.0 Å². The van der Waals surface area contributed by atoms with Crippen LogP contribution >= 0.6 is 11.8 Å². The van der Waals surface area contributed by atoms with Crippen LogP contribution in [0.1, 0.15) is 0 Å². The second-order valence-electron chi connectivity index (χ2n) is 7.37. The Morgan fingerprint density at radius 1 is 1.00 bits per heavy atom. The monoisotopic (exact) mass is 474 g/mol. The fourth-order valence-corrected chi connectivity index (χ4v) is 4.38. The molecule has 9 heteroatoms. The van der Waals surface area contributed by atoms with E-state index in [1.54, 1.807) is 25.3 Å². The van der Waals surface area contributed by atoms with E-state index in [1.165, 1.54) is 11.8 Å². The summed E-state index contributed by atoms with van der Waals surface area (Å²) in [7, 11) is 1.62. The van der Waals surface area contributed by atoms with Crippen molar-refractivity contribution in [1.82, 2.24) is 14.8 Å². The number of rotatable bonds is 7. The van der Waals surface area contributed by atoms with Crippen LogP contribution in [0.25, 0.3) is 17.1 Å². The summed E-state index contributed by atoms with van der Waals surface area (Å²) in [6.45, 7) is 1.01. The summed E-state index contributed by atoms with van der Waals surface area (Å²) in [5, 5.41) is 12.3. The molecule has 3 aromatic carbocycles. The van der Waals surface area contributed by atoms with Crippen LogP contribution in [0.3, 0.4) is 0 Å². The Morgan fingerprint density at radius 3 is 2.59 bits per heavy atom. The molecule has 0 bridgehead atoms. The standard InChI is InChI=1S/C25H22N4O4S/c1-31-20-10-6-5-9-19(20)24-27-28-25(29(24)18-7-3-2-4-8-18)34-16-23(30)26-17-11-12-21-22(15-17)33-14-13-32-21/h2-12,15H,13-14,16H2,1H3,(H,26,30). The first-order chi connectivity index (χ1) is 16.7. The fourth-order valence-electron chi connectivity index (χ4n) is 3.63. The summed E-state index contributed by atoms with van der Waals surface area (Å²) >= 11 is 1.31. The number of methoxy groups -OCH3 is 1. The molecule has 1 aliphatic rings. The summed E-state index contributed by atoms with van der Waals surface area (Å²) in [4.78, 5) is 12.7. The highest BCUT2D eigenvalue weighted by atomic mass is 32.2. The van der Waals surface area contributed by atoms with Gasteiger partial charge in [0.1, 0.15) is 19.0 Å². The van der Waals surface area contributed by atoms with Crippen LogP contribution in [-0.2, 0) is 4.79 Å². The molecule has 0 aliphatic carbocycles. The maximum Gasteiger partial charge on any atom is 0.234 e. The Bertz CT molecular complexity index is 1310. The van der Waals surface area contributed by atoms with Gasteiger partial charge in [-0.25, -0.2) is 0 Å². The lowest BCUT2D eigenvalue weighted by atomic mass is 10.2. The molecule has 8 nitrogen and oxygen atoms in total. The van der Waals surface area contributed by atoms with Crippen molar-refractivity contribution < 1.29 is 19.0 Å². The molecule has 4 aromatic rings. The molecule has 0 fully saturated rings. The molecule has 0 saturated heterocycles. The summed E-state index contributed by atoms with van der Waals surface area (Å²) in [6.07, 6.45) is 0. The highest BCUT2D eigenvalue weighted by Gasteiger charge is 2.20. The molecule has 5 rings (SSSR count). The lowest BCUT2D eigenvalue weighted by Gasteiger charge is -2.19. The predicted molar refractivity (Wildman–Crippen MR) is 130 cm³/mol. The van der Waals surface area contributed by atoms with Crippen LogP contribution in [0, 0.1) is 0 Å². The molecule has 0 saturated carbocycles. The van der Waals surface area contributed by atoms with E-state index in [9.17, 15) is 4.79 Å². The maximum absolute atomic E-state index is 12.7. The van der Waals surface area contributed by atoms with Crippen molar-refractivity contribution in [2.24, 2.45) is 0 Å². The SMILES string of the molecule is COc1ccccc1-c1nnc(SCC(=O)Nc2ccc3c(c2)OCCO3)n1-c1ccccc1. The van der Waals surface area contributed by atoms with E-state index in [-0.39, 0.29) is 11.7 Å². The van der Waals surface area contributed by atoms with Crippen LogP contribution in [0.5, 0.6) is 17.2 Å². The third kappa shape index (κ3) is 4.55. The van der Waals surface area contributed by atoms with Gasteiger partial charge in [-0.1, -0.05) is 42.1 Å². The zero-order valence-corrected chi connectivity index (χ0v) is 19.2. The first-order valence-corrected chi connectivity index (χ1v) is 11.7. The number of amides is 1. The highest BCUT2D eigenvalue weighted by Crippen LogP contribution is 2.34. The largest absolute Gasteiger partial charge is 0.496 e. The molecule has 1 aromatic heterocycles. The number of carbonyl (C=O) groups is 1. The van der Waals surface area contributed by atoms with Gasteiger partial charge in [0.25, 0.3) is 0 Å². The minimum Gasteiger partial charge on any atom is -0.496 e. The molecule has 1 N–H and O–H groups in total. The lowest BCUT2D eigenvalue weighted by molar-refractivity contribution is -0.113. The van der Waals surface area contributed by atoms with Crippen LogP contribution in [0.2, 0.25) is 0 Å². The molecular formula is C25H22N4O4S. The van der Waals surface area contributed by atoms with Gasteiger partial charge in [-0.2, -0.15) is 0 Å². The second-order valence-corrected chi connectivity index (χ2v) is 8.32. The van der Waals surface area contributed by atoms with Gasteiger partial charge in [-0.15, -0.1) is 10.2 Å². The minimum absolute atomic E-state index is 0.158. The van der Waals surface area contributed by atoms with Crippen molar-refractivity contribution in [3.8, 4) is 34.3 Å². The molecule has 34 heavy (non-hydrogen) atoms.